The second-order valence-corrected chi connectivity index (χ2v) is 3.56. The Morgan fingerprint density at radius 1 is 1.20 bits per heavy atom. The molecule has 0 heterocycles. The van der Waals surface area contributed by atoms with Crippen LogP contribution in [0, 0.1) is 5.92 Å². The summed E-state index contributed by atoms with van der Waals surface area (Å²) in [6, 6.07) is 8.63. The Labute approximate surface area is 89.1 Å². The van der Waals surface area contributed by atoms with E-state index in [1.807, 2.05) is 6.07 Å². The van der Waals surface area contributed by atoms with Crippen LogP contribution in [0.25, 0.3) is 0 Å². The average Bonchev–Trinajstić information content (AvgIpc) is 2.26. The standard InChI is InChI=1S/C12H14O3/c1-9(2)11(13)8-15-12(14)10-6-4-3-5-7-10/h3-7,9H,8H2,1-2H3. The van der Waals surface area contributed by atoms with Crippen molar-refractivity contribution in [3.63, 3.8) is 0 Å². The molecule has 0 aliphatic heterocycles. The third-order valence-corrected chi connectivity index (χ3v) is 2.00. The molecule has 3 heteroatoms. The van der Waals surface area contributed by atoms with Crippen molar-refractivity contribution < 1.29 is 14.3 Å². The number of ether oxygens (including phenoxy) is 1. The molecular formula is C12H14O3. The molecule has 80 valence electrons. The fourth-order valence-electron chi connectivity index (χ4n) is 0.961. The molecule has 1 aromatic carbocycles. The molecule has 0 aliphatic rings. The highest BCUT2D eigenvalue weighted by atomic mass is 16.5. The van der Waals surface area contributed by atoms with Gasteiger partial charge in [-0.1, -0.05) is 32.0 Å². The molecule has 0 aromatic heterocycles. The molecule has 0 saturated heterocycles. The Hall–Kier alpha value is -1.64. The largest absolute Gasteiger partial charge is 0.454 e. The Balaban J connectivity index is 2.48. The zero-order valence-corrected chi connectivity index (χ0v) is 8.90. The number of hydrogen-bond donors (Lipinski definition) is 0. The highest BCUT2D eigenvalue weighted by Crippen LogP contribution is 2.02. The van der Waals surface area contributed by atoms with Crippen LogP contribution in [0.5, 0.6) is 0 Å². The summed E-state index contributed by atoms with van der Waals surface area (Å²) in [5, 5.41) is 0. The lowest BCUT2D eigenvalue weighted by atomic mass is 10.1. The average molecular weight is 206 g/mol. The molecule has 0 bridgehead atoms. The Bertz CT molecular complexity index is 341. The highest BCUT2D eigenvalue weighted by Gasteiger charge is 2.11. The first-order chi connectivity index (χ1) is 7.11. The summed E-state index contributed by atoms with van der Waals surface area (Å²) in [5.74, 6) is -0.627. The van der Waals surface area contributed by atoms with Crippen molar-refractivity contribution in [3.8, 4) is 0 Å². The van der Waals surface area contributed by atoms with E-state index in [2.05, 4.69) is 0 Å². The van der Waals surface area contributed by atoms with Gasteiger partial charge >= 0.3 is 5.97 Å². The van der Waals surface area contributed by atoms with Gasteiger partial charge in [-0.05, 0) is 12.1 Å². The SMILES string of the molecule is CC(C)C(=O)COC(=O)c1ccccc1. The summed E-state index contributed by atoms with van der Waals surface area (Å²) in [6.45, 7) is 3.41. The second-order valence-electron chi connectivity index (χ2n) is 3.56. The third-order valence-electron chi connectivity index (χ3n) is 2.00. The van der Waals surface area contributed by atoms with Gasteiger partial charge in [-0.15, -0.1) is 0 Å². The third kappa shape index (κ3) is 3.54. The van der Waals surface area contributed by atoms with Gasteiger partial charge in [-0.2, -0.15) is 0 Å². The van der Waals surface area contributed by atoms with Crippen LogP contribution in [0.4, 0.5) is 0 Å². The summed E-state index contributed by atoms with van der Waals surface area (Å²) >= 11 is 0. The van der Waals surface area contributed by atoms with Crippen molar-refractivity contribution in [2.24, 2.45) is 5.92 Å². The fourth-order valence-corrected chi connectivity index (χ4v) is 0.961. The summed E-state index contributed by atoms with van der Waals surface area (Å²) in [5.41, 5.74) is 0.467. The van der Waals surface area contributed by atoms with E-state index in [0.717, 1.165) is 0 Å². The van der Waals surface area contributed by atoms with Crippen LogP contribution in [0.1, 0.15) is 24.2 Å². The monoisotopic (exact) mass is 206 g/mol. The number of Topliss-reactive ketones (excluding diaryl/α,β-unsaturated/α-hetero) is 1. The number of carbonyl (C=O) groups is 2. The van der Waals surface area contributed by atoms with Crippen molar-refractivity contribution in [1.29, 1.82) is 0 Å². The molecule has 1 aromatic rings. The van der Waals surface area contributed by atoms with Crippen LogP contribution in [-0.2, 0) is 9.53 Å². The first-order valence-corrected chi connectivity index (χ1v) is 4.86. The van der Waals surface area contributed by atoms with Crippen LogP contribution in [0.15, 0.2) is 30.3 Å². The number of rotatable bonds is 4. The van der Waals surface area contributed by atoms with Crippen LogP contribution < -0.4 is 0 Å². The van der Waals surface area contributed by atoms with Crippen LogP contribution in [0.2, 0.25) is 0 Å². The molecule has 3 nitrogen and oxygen atoms in total. The molecule has 0 unspecified atom stereocenters. The van der Waals surface area contributed by atoms with E-state index < -0.39 is 5.97 Å². The molecule has 0 aliphatic carbocycles. The maximum atomic E-state index is 11.4. The zero-order chi connectivity index (χ0) is 11.3. The van der Waals surface area contributed by atoms with Crippen molar-refractivity contribution >= 4 is 11.8 Å². The van der Waals surface area contributed by atoms with Gasteiger partial charge < -0.3 is 4.74 Å². The van der Waals surface area contributed by atoms with Gasteiger partial charge in [0.25, 0.3) is 0 Å². The molecule has 0 amide bonds. The normalized spacial score (nSPS) is 10.1. The molecule has 0 saturated carbocycles. The van der Waals surface area contributed by atoms with E-state index in [9.17, 15) is 9.59 Å². The van der Waals surface area contributed by atoms with Crippen LogP contribution in [-0.4, -0.2) is 18.4 Å². The van der Waals surface area contributed by atoms with E-state index in [-0.39, 0.29) is 18.3 Å². The number of esters is 1. The lowest BCUT2D eigenvalue weighted by molar-refractivity contribution is -0.125. The highest BCUT2D eigenvalue weighted by molar-refractivity contribution is 5.91. The minimum absolute atomic E-state index is 0.0701. The van der Waals surface area contributed by atoms with Crippen molar-refractivity contribution in [2.45, 2.75) is 13.8 Å². The lowest BCUT2D eigenvalue weighted by Gasteiger charge is -2.05. The molecule has 0 atom stereocenters. The van der Waals surface area contributed by atoms with Gasteiger partial charge in [0.05, 0.1) is 5.56 Å². The van der Waals surface area contributed by atoms with E-state index in [1.54, 1.807) is 38.1 Å². The molecule has 15 heavy (non-hydrogen) atoms. The van der Waals surface area contributed by atoms with Crippen LogP contribution in [0.3, 0.4) is 0 Å². The zero-order valence-electron chi connectivity index (χ0n) is 8.90. The number of hydrogen-bond acceptors (Lipinski definition) is 3. The van der Waals surface area contributed by atoms with Gasteiger partial charge in [0.2, 0.25) is 0 Å². The maximum absolute atomic E-state index is 11.4. The fraction of sp³-hybridized carbons (Fsp3) is 0.333. The summed E-state index contributed by atoms with van der Waals surface area (Å²) in [7, 11) is 0. The van der Waals surface area contributed by atoms with Gasteiger partial charge in [0.15, 0.2) is 12.4 Å². The van der Waals surface area contributed by atoms with E-state index in [0.29, 0.717) is 5.56 Å². The summed E-state index contributed by atoms with van der Waals surface area (Å²) < 4.78 is 4.86. The minimum Gasteiger partial charge on any atom is -0.454 e. The summed E-state index contributed by atoms with van der Waals surface area (Å²) in [6.07, 6.45) is 0. The van der Waals surface area contributed by atoms with E-state index in [1.165, 1.54) is 0 Å². The minimum atomic E-state index is -0.454. The predicted octanol–water partition coefficient (Wildman–Crippen LogP) is 2.07. The molecule has 0 spiro atoms. The van der Waals surface area contributed by atoms with Crippen molar-refractivity contribution in [2.75, 3.05) is 6.61 Å². The molecule has 0 N–H and O–H groups in total. The molecule has 0 radical (unpaired) electrons. The number of benzene rings is 1. The Kier molecular flexibility index (Phi) is 4.03. The first kappa shape index (κ1) is 11.4. The van der Waals surface area contributed by atoms with Crippen molar-refractivity contribution in [3.05, 3.63) is 35.9 Å². The second kappa shape index (κ2) is 5.29. The summed E-state index contributed by atoms with van der Waals surface area (Å²) in [4.78, 5) is 22.6. The first-order valence-electron chi connectivity index (χ1n) is 4.86. The predicted molar refractivity (Wildman–Crippen MR) is 56.6 cm³/mol. The van der Waals surface area contributed by atoms with Gasteiger partial charge in [0.1, 0.15) is 0 Å². The van der Waals surface area contributed by atoms with E-state index >= 15 is 0 Å². The Morgan fingerprint density at radius 2 is 1.80 bits per heavy atom. The smallest absolute Gasteiger partial charge is 0.338 e. The topological polar surface area (TPSA) is 43.4 Å². The lowest BCUT2D eigenvalue weighted by Crippen LogP contribution is -2.18. The van der Waals surface area contributed by atoms with Gasteiger partial charge in [0, 0.05) is 5.92 Å². The van der Waals surface area contributed by atoms with E-state index in [4.69, 9.17) is 4.74 Å². The van der Waals surface area contributed by atoms with Crippen molar-refractivity contribution in [1.82, 2.24) is 0 Å². The Morgan fingerprint density at radius 3 is 2.33 bits per heavy atom. The number of ketones is 1. The number of carbonyl (C=O) groups excluding carboxylic acids is 2. The molecule has 1 rings (SSSR count). The molecular weight excluding hydrogens is 192 g/mol. The quantitative estimate of drug-likeness (QED) is 0.708. The molecule has 0 fully saturated rings. The van der Waals surface area contributed by atoms with Gasteiger partial charge in [-0.25, -0.2) is 4.79 Å². The maximum Gasteiger partial charge on any atom is 0.338 e. The van der Waals surface area contributed by atoms with Crippen LogP contribution >= 0.6 is 0 Å². The van der Waals surface area contributed by atoms with Gasteiger partial charge in [-0.3, -0.25) is 4.79 Å².